The molecule has 298 valence electrons. The first kappa shape index (κ1) is 45.1. The molecule has 1 heterocycles. The molecule has 0 fully saturated rings. The molecule has 1 aliphatic rings. The van der Waals surface area contributed by atoms with Crippen LogP contribution in [0.5, 0.6) is 5.75 Å². The topological polar surface area (TPSA) is 185 Å². The van der Waals surface area contributed by atoms with Crippen LogP contribution < -0.4 is 4.90 Å². The zero-order valence-corrected chi connectivity index (χ0v) is 32.7. The third-order valence-electron chi connectivity index (χ3n) is 8.15. The number of carbonyl (C=O) groups is 6. The summed E-state index contributed by atoms with van der Waals surface area (Å²) in [6.45, 7) is 15.2. The molecule has 15 heteroatoms. The Bertz CT molecular complexity index is 1430. The number of nitrogens with zero attached hydrogens (tertiary/aromatic N) is 2. The minimum atomic E-state index is -1.07. The van der Waals surface area contributed by atoms with E-state index in [-0.39, 0.29) is 87.7 Å². The third-order valence-corrected chi connectivity index (χ3v) is 8.15. The molecule has 1 aliphatic heterocycles. The Morgan fingerprint density at radius 1 is 0.792 bits per heavy atom. The van der Waals surface area contributed by atoms with E-state index in [1.807, 2.05) is 0 Å². The lowest BCUT2D eigenvalue weighted by molar-refractivity contribution is -0.144. The summed E-state index contributed by atoms with van der Waals surface area (Å²) in [5, 5.41) is 11.3. The number of aromatic hydroxyl groups is 1. The summed E-state index contributed by atoms with van der Waals surface area (Å²) in [6, 6.07) is 2.74. The van der Waals surface area contributed by atoms with Crippen molar-refractivity contribution in [3.63, 3.8) is 0 Å². The summed E-state index contributed by atoms with van der Waals surface area (Å²) < 4.78 is 33.0. The molecule has 2 amide bonds. The molecule has 1 aromatic carbocycles. The van der Waals surface area contributed by atoms with Crippen LogP contribution in [0.2, 0.25) is 0 Å². The number of aryl methyl sites for hydroxylation is 1. The Labute approximate surface area is 312 Å². The summed E-state index contributed by atoms with van der Waals surface area (Å²) in [7, 11) is 1.58. The number of fused-ring (bicyclic) bond motifs is 1. The number of phenols is 1. The predicted molar refractivity (Wildman–Crippen MR) is 194 cm³/mol. The van der Waals surface area contributed by atoms with Gasteiger partial charge in [0.25, 0.3) is 5.78 Å². The van der Waals surface area contributed by atoms with Crippen LogP contribution in [0.15, 0.2) is 12.1 Å². The molecule has 0 aromatic heterocycles. The minimum Gasteiger partial charge on any atom is -0.507 e. The number of cyclic esters (lactones) is 1. The molecule has 2 rings (SSSR count). The van der Waals surface area contributed by atoms with E-state index < -0.39 is 58.6 Å². The van der Waals surface area contributed by atoms with Crippen molar-refractivity contribution in [1.82, 2.24) is 4.90 Å². The summed E-state index contributed by atoms with van der Waals surface area (Å²) in [4.78, 5) is 80.5. The number of Topliss-reactive ketones (excluding diaryl/α,β-unsaturated/α-hetero) is 3. The Morgan fingerprint density at radius 2 is 1.38 bits per heavy atom. The third kappa shape index (κ3) is 15.8. The quantitative estimate of drug-likeness (QED) is 0.122. The Balaban J connectivity index is 2.48. The highest BCUT2D eigenvalue weighted by Gasteiger charge is 2.31. The largest absolute Gasteiger partial charge is 0.507 e. The maximum absolute atomic E-state index is 13.7. The SMILES string of the molecule is COCCOCCOCCN(CCN(C(=O)OC(C)(C)C)c1cc(O)c2c(c1)CCCC(=O)C(=O)C(=O)CC[C@@H](C)[C@H](C)OC2=O)C(=O)OC(C)(C)C. The fourth-order valence-corrected chi connectivity index (χ4v) is 5.14. The molecule has 1 N–H and O–H groups in total. The summed E-state index contributed by atoms with van der Waals surface area (Å²) in [5.41, 5.74) is -1.50. The van der Waals surface area contributed by atoms with E-state index in [0.29, 0.717) is 19.8 Å². The maximum atomic E-state index is 13.7. The molecule has 1 aromatic rings. The van der Waals surface area contributed by atoms with Crippen molar-refractivity contribution in [3.8, 4) is 5.75 Å². The van der Waals surface area contributed by atoms with Crippen LogP contribution in [-0.4, -0.2) is 123 Å². The molecule has 15 nitrogen and oxygen atoms in total. The number of benzene rings is 1. The standard InChI is InChI=1S/C38H58N2O13/c1-25-13-14-30(42)33(44)29(41)12-10-11-27-23-28(24-31(43)32(27)34(45)51-26(25)2)40(36(47)53-38(6,7)8)16-15-39(35(46)52-37(3,4)5)17-18-49-21-22-50-20-19-48-9/h23-26,43H,10-22H2,1-9H3/t25-,26+/m1/s1. The van der Waals surface area contributed by atoms with Crippen molar-refractivity contribution in [2.75, 3.05) is 64.7 Å². The number of hydrogen-bond donors (Lipinski definition) is 1. The Hall–Kier alpha value is -4.08. The van der Waals surface area contributed by atoms with Crippen LogP contribution in [-0.2, 0) is 49.2 Å². The fraction of sp³-hybridized carbons (Fsp3) is 0.684. The van der Waals surface area contributed by atoms with Crippen LogP contribution in [0, 0.1) is 5.92 Å². The molecule has 0 spiro atoms. The van der Waals surface area contributed by atoms with Crippen LogP contribution >= 0.6 is 0 Å². The van der Waals surface area contributed by atoms with Gasteiger partial charge in [-0.3, -0.25) is 19.3 Å². The van der Waals surface area contributed by atoms with Crippen molar-refractivity contribution in [2.24, 2.45) is 5.92 Å². The van der Waals surface area contributed by atoms with Gasteiger partial charge in [-0.2, -0.15) is 0 Å². The lowest BCUT2D eigenvalue weighted by Crippen LogP contribution is -2.45. The zero-order chi connectivity index (χ0) is 39.9. The van der Waals surface area contributed by atoms with Crippen molar-refractivity contribution in [2.45, 2.75) is 105 Å². The number of methoxy groups -OCH3 is 1. The normalized spacial score (nSPS) is 17.8. The second-order valence-electron chi connectivity index (χ2n) is 15.0. The second kappa shape index (κ2) is 21.0. The van der Waals surface area contributed by atoms with E-state index in [1.54, 1.807) is 62.5 Å². The van der Waals surface area contributed by atoms with E-state index in [9.17, 15) is 33.9 Å². The second-order valence-corrected chi connectivity index (χ2v) is 15.0. The van der Waals surface area contributed by atoms with Crippen LogP contribution in [0.4, 0.5) is 15.3 Å². The van der Waals surface area contributed by atoms with E-state index in [2.05, 4.69) is 0 Å². The lowest BCUT2D eigenvalue weighted by atomic mass is 9.94. The average molecular weight is 751 g/mol. The zero-order valence-electron chi connectivity index (χ0n) is 32.7. The first-order valence-electron chi connectivity index (χ1n) is 18.0. The highest BCUT2D eigenvalue weighted by molar-refractivity contribution is 6.63. The van der Waals surface area contributed by atoms with Gasteiger partial charge in [-0.1, -0.05) is 6.92 Å². The molecular formula is C38H58N2O13. The molecule has 2 atom stereocenters. The van der Waals surface area contributed by atoms with Gasteiger partial charge in [-0.15, -0.1) is 0 Å². The number of esters is 1. The number of phenolic OH excluding ortho intramolecular Hbond substituents is 1. The van der Waals surface area contributed by atoms with Crippen molar-refractivity contribution in [1.29, 1.82) is 0 Å². The van der Waals surface area contributed by atoms with Crippen LogP contribution in [0.3, 0.4) is 0 Å². The first-order valence-corrected chi connectivity index (χ1v) is 18.0. The highest BCUT2D eigenvalue weighted by Crippen LogP contribution is 2.33. The van der Waals surface area contributed by atoms with Gasteiger partial charge in [-0.05, 0) is 85.3 Å². The number of amides is 2. The molecular weight excluding hydrogens is 692 g/mol. The number of rotatable bonds is 13. The van der Waals surface area contributed by atoms with Gasteiger partial charge >= 0.3 is 18.2 Å². The summed E-state index contributed by atoms with van der Waals surface area (Å²) in [5.74, 6) is -4.33. The molecule has 0 saturated heterocycles. The van der Waals surface area contributed by atoms with Gasteiger partial charge in [0.2, 0.25) is 11.6 Å². The van der Waals surface area contributed by atoms with E-state index in [0.717, 1.165) is 0 Å². The average Bonchev–Trinajstić information content (AvgIpc) is 3.04. The lowest BCUT2D eigenvalue weighted by Gasteiger charge is -2.31. The first-order chi connectivity index (χ1) is 24.7. The molecule has 0 aliphatic carbocycles. The number of ether oxygens (including phenoxy) is 6. The molecule has 0 unspecified atom stereocenters. The van der Waals surface area contributed by atoms with Crippen molar-refractivity contribution < 1.29 is 62.3 Å². The van der Waals surface area contributed by atoms with Gasteiger partial charge in [0, 0.05) is 45.7 Å². The van der Waals surface area contributed by atoms with Gasteiger partial charge in [-0.25, -0.2) is 14.4 Å². The molecule has 53 heavy (non-hydrogen) atoms. The van der Waals surface area contributed by atoms with Crippen molar-refractivity contribution >= 4 is 41.2 Å². The predicted octanol–water partition coefficient (Wildman–Crippen LogP) is 5.06. The molecule has 0 radical (unpaired) electrons. The van der Waals surface area contributed by atoms with E-state index >= 15 is 0 Å². The van der Waals surface area contributed by atoms with E-state index in [1.165, 1.54) is 21.9 Å². The van der Waals surface area contributed by atoms with Crippen molar-refractivity contribution in [3.05, 3.63) is 23.3 Å². The van der Waals surface area contributed by atoms with Gasteiger partial charge < -0.3 is 38.4 Å². The minimum absolute atomic E-state index is 0.0156. The maximum Gasteiger partial charge on any atom is 0.414 e. The number of anilines is 1. The Kier molecular flexibility index (Phi) is 17.8. The number of ketones is 3. The highest BCUT2D eigenvalue weighted by atomic mass is 16.6. The van der Waals surface area contributed by atoms with Gasteiger partial charge in [0.15, 0.2) is 0 Å². The molecule has 0 saturated carbocycles. The van der Waals surface area contributed by atoms with Crippen LogP contribution in [0.25, 0.3) is 0 Å². The molecule has 0 bridgehead atoms. The monoisotopic (exact) mass is 750 g/mol. The smallest absolute Gasteiger partial charge is 0.414 e. The fourth-order valence-electron chi connectivity index (χ4n) is 5.14. The van der Waals surface area contributed by atoms with Crippen LogP contribution in [0.1, 0.15) is 97.0 Å². The summed E-state index contributed by atoms with van der Waals surface area (Å²) >= 11 is 0. The number of hydrogen-bond acceptors (Lipinski definition) is 13. The van der Waals surface area contributed by atoms with Gasteiger partial charge in [0.05, 0.1) is 38.7 Å². The Morgan fingerprint density at radius 3 is 2.00 bits per heavy atom. The summed E-state index contributed by atoms with van der Waals surface area (Å²) in [6.07, 6.45) is -2.26. The number of carbonyl (C=O) groups excluding carboxylic acids is 6. The van der Waals surface area contributed by atoms with Gasteiger partial charge in [0.1, 0.15) is 28.6 Å². The van der Waals surface area contributed by atoms with E-state index in [4.69, 9.17) is 28.4 Å².